The molecule has 0 amide bonds. The maximum absolute atomic E-state index is 10.8. The summed E-state index contributed by atoms with van der Waals surface area (Å²) in [5.41, 5.74) is 0.967. The van der Waals surface area contributed by atoms with Crippen LogP contribution >= 0.6 is 0 Å². The lowest BCUT2D eigenvalue weighted by Crippen LogP contribution is -2.33. The summed E-state index contributed by atoms with van der Waals surface area (Å²) >= 11 is 0. The SMILES string of the molecule is CC(C)C(C)N(C)c1ccnc(C(=O)O)c1. The first-order valence-corrected chi connectivity index (χ1v) is 5.35. The molecule has 0 spiro atoms. The normalized spacial score (nSPS) is 12.6. The third-order valence-electron chi connectivity index (χ3n) is 2.95. The van der Waals surface area contributed by atoms with Gasteiger partial charge in [-0.3, -0.25) is 0 Å². The van der Waals surface area contributed by atoms with E-state index in [1.54, 1.807) is 6.07 Å². The van der Waals surface area contributed by atoms with Gasteiger partial charge in [0.1, 0.15) is 5.69 Å². The molecule has 0 bridgehead atoms. The first-order chi connectivity index (χ1) is 7.43. The summed E-state index contributed by atoms with van der Waals surface area (Å²) in [4.78, 5) is 16.7. The zero-order chi connectivity index (χ0) is 12.3. The predicted molar refractivity (Wildman–Crippen MR) is 63.9 cm³/mol. The van der Waals surface area contributed by atoms with Crippen LogP contribution in [-0.4, -0.2) is 29.1 Å². The van der Waals surface area contributed by atoms with Gasteiger partial charge in [-0.25, -0.2) is 9.78 Å². The maximum Gasteiger partial charge on any atom is 0.354 e. The predicted octanol–water partition coefficient (Wildman–Crippen LogP) is 2.26. The monoisotopic (exact) mass is 222 g/mol. The van der Waals surface area contributed by atoms with Gasteiger partial charge in [-0.05, 0) is 25.0 Å². The van der Waals surface area contributed by atoms with Crippen molar-refractivity contribution in [3.05, 3.63) is 24.0 Å². The van der Waals surface area contributed by atoms with Crippen LogP contribution in [0.3, 0.4) is 0 Å². The van der Waals surface area contributed by atoms with E-state index in [-0.39, 0.29) is 5.69 Å². The molecule has 4 heteroatoms. The molecule has 0 radical (unpaired) electrons. The molecule has 0 fully saturated rings. The molecule has 1 unspecified atom stereocenters. The van der Waals surface area contributed by atoms with E-state index in [0.717, 1.165) is 5.69 Å². The smallest absolute Gasteiger partial charge is 0.354 e. The van der Waals surface area contributed by atoms with Crippen LogP contribution in [0.5, 0.6) is 0 Å². The Morgan fingerprint density at radius 2 is 2.06 bits per heavy atom. The van der Waals surface area contributed by atoms with Crippen LogP contribution in [0.4, 0.5) is 5.69 Å². The molecule has 0 saturated heterocycles. The molecule has 0 saturated carbocycles. The standard InChI is InChI=1S/C12H18N2O2/c1-8(2)9(3)14(4)10-5-6-13-11(7-10)12(15)16/h5-9H,1-4H3,(H,15,16). The zero-order valence-electron chi connectivity index (χ0n) is 10.1. The number of aromatic nitrogens is 1. The molecule has 4 nitrogen and oxygen atoms in total. The Kier molecular flexibility index (Phi) is 3.88. The Morgan fingerprint density at radius 3 is 2.56 bits per heavy atom. The van der Waals surface area contributed by atoms with E-state index in [2.05, 4.69) is 30.7 Å². The van der Waals surface area contributed by atoms with Gasteiger partial charge in [-0.2, -0.15) is 0 Å². The van der Waals surface area contributed by atoms with Gasteiger partial charge in [-0.15, -0.1) is 0 Å². The molecule has 1 aromatic heterocycles. The van der Waals surface area contributed by atoms with Gasteiger partial charge in [0.05, 0.1) is 0 Å². The van der Waals surface area contributed by atoms with Crippen molar-refractivity contribution in [2.75, 3.05) is 11.9 Å². The summed E-state index contributed by atoms with van der Waals surface area (Å²) in [6, 6.07) is 3.77. The van der Waals surface area contributed by atoms with Crippen molar-refractivity contribution >= 4 is 11.7 Å². The highest BCUT2D eigenvalue weighted by Crippen LogP contribution is 2.19. The van der Waals surface area contributed by atoms with Gasteiger partial charge in [0.15, 0.2) is 0 Å². The molecule has 1 heterocycles. The molecule has 88 valence electrons. The van der Waals surface area contributed by atoms with E-state index in [1.807, 2.05) is 13.1 Å². The van der Waals surface area contributed by atoms with Crippen molar-refractivity contribution in [3.63, 3.8) is 0 Å². The van der Waals surface area contributed by atoms with Gasteiger partial charge < -0.3 is 10.0 Å². The lowest BCUT2D eigenvalue weighted by atomic mass is 10.0. The van der Waals surface area contributed by atoms with E-state index in [4.69, 9.17) is 5.11 Å². The number of anilines is 1. The first kappa shape index (κ1) is 12.5. The average molecular weight is 222 g/mol. The Labute approximate surface area is 95.9 Å². The van der Waals surface area contributed by atoms with E-state index in [9.17, 15) is 4.79 Å². The average Bonchev–Trinajstić information content (AvgIpc) is 2.27. The van der Waals surface area contributed by atoms with Gasteiger partial charge in [0.2, 0.25) is 0 Å². The molecule has 1 rings (SSSR count). The fraction of sp³-hybridized carbons (Fsp3) is 0.500. The molecule has 16 heavy (non-hydrogen) atoms. The van der Waals surface area contributed by atoms with Crippen LogP contribution in [0.25, 0.3) is 0 Å². The summed E-state index contributed by atoms with van der Waals surface area (Å²) in [7, 11) is 1.96. The fourth-order valence-electron chi connectivity index (χ4n) is 1.44. The van der Waals surface area contributed by atoms with Crippen LogP contribution in [-0.2, 0) is 0 Å². The maximum atomic E-state index is 10.8. The number of rotatable bonds is 4. The van der Waals surface area contributed by atoms with Crippen molar-refractivity contribution in [2.24, 2.45) is 5.92 Å². The van der Waals surface area contributed by atoms with E-state index in [1.165, 1.54) is 6.20 Å². The Balaban J connectivity index is 2.95. The van der Waals surface area contributed by atoms with Crippen LogP contribution in [0.2, 0.25) is 0 Å². The highest BCUT2D eigenvalue weighted by atomic mass is 16.4. The molecular weight excluding hydrogens is 204 g/mol. The van der Waals surface area contributed by atoms with Crippen molar-refractivity contribution in [2.45, 2.75) is 26.8 Å². The van der Waals surface area contributed by atoms with Crippen molar-refractivity contribution in [1.82, 2.24) is 4.98 Å². The van der Waals surface area contributed by atoms with Crippen LogP contribution in [0.15, 0.2) is 18.3 Å². The molecule has 0 aliphatic heterocycles. The third kappa shape index (κ3) is 2.72. The van der Waals surface area contributed by atoms with Crippen molar-refractivity contribution in [1.29, 1.82) is 0 Å². The quantitative estimate of drug-likeness (QED) is 0.849. The molecule has 0 aliphatic rings. The topological polar surface area (TPSA) is 53.4 Å². The highest BCUT2D eigenvalue weighted by molar-refractivity contribution is 5.86. The molecule has 0 aromatic carbocycles. The van der Waals surface area contributed by atoms with Gasteiger partial charge in [0.25, 0.3) is 0 Å². The summed E-state index contributed by atoms with van der Waals surface area (Å²) in [5.74, 6) is -0.487. The minimum absolute atomic E-state index is 0.0836. The number of carboxylic acids is 1. The Morgan fingerprint density at radius 1 is 1.44 bits per heavy atom. The number of aromatic carboxylic acids is 1. The molecule has 1 atom stereocenters. The second-order valence-corrected chi connectivity index (χ2v) is 4.30. The summed E-state index contributed by atoms with van der Waals surface area (Å²) < 4.78 is 0. The lowest BCUT2D eigenvalue weighted by molar-refractivity contribution is 0.0690. The van der Waals surface area contributed by atoms with Crippen LogP contribution in [0.1, 0.15) is 31.3 Å². The Bertz CT molecular complexity index is 377. The number of pyridine rings is 1. The molecule has 1 N–H and O–H groups in total. The molecule has 1 aromatic rings. The Hall–Kier alpha value is -1.58. The van der Waals surface area contributed by atoms with E-state index < -0.39 is 5.97 Å². The number of nitrogens with zero attached hydrogens (tertiary/aromatic N) is 2. The largest absolute Gasteiger partial charge is 0.477 e. The minimum atomic E-state index is -0.993. The van der Waals surface area contributed by atoms with Crippen LogP contribution in [0, 0.1) is 5.92 Å². The molecule has 0 aliphatic carbocycles. The summed E-state index contributed by atoms with van der Waals surface area (Å²) in [6.45, 7) is 6.40. The van der Waals surface area contributed by atoms with Gasteiger partial charge in [-0.1, -0.05) is 13.8 Å². The number of hydrogen-bond donors (Lipinski definition) is 1. The van der Waals surface area contributed by atoms with Crippen molar-refractivity contribution < 1.29 is 9.90 Å². The minimum Gasteiger partial charge on any atom is -0.477 e. The number of carbonyl (C=O) groups is 1. The highest BCUT2D eigenvalue weighted by Gasteiger charge is 2.15. The third-order valence-corrected chi connectivity index (χ3v) is 2.95. The second-order valence-electron chi connectivity index (χ2n) is 4.30. The number of hydrogen-bond acceptors (Lipinski definition) is 3. The van der Waals surface area contributed by atoms with Gasteiger partial charge >= 0.3 is 5.97 Å². The fourth-order valence-corrected chi connectivity index (χ4v) is 1.44. The van der Waals surface area contributed by atoms with E-state index in [0.29, 0.717) is 12.0 Å². The summed E-state index contributed by atoms with van der Waals surface area (Å²) in [5, 5.41) is 8.86. The first-order valence-electron chi connectivity index (χ1n) is 5.35. The molecular formula is C12H18N2O2. The second kappa shape index (κ2) is 4.96. The lowest BCUT2D eigenvalue weighted by Gasteiger charge is -2.30. The zero-order valence-corrected chi connectivity index (χ0v) is 10.1. The van der Waals surface area contributed by atoms with Crippen LogP contribution < -0.4 is 4.90 Å². The number of carboxylic acid groups (broad SMARTS) is 1. The van der Waals surface area contributed by atoms with Gasteiger partial charge in [0, 0.05) is 25.0 Å². The summed E-state index contributed by atoms with van der Waals surface area (Å²) in [6.07, 6.45) is 1.53. The van der Waals surface area contributed by atoms with Crippen molar-refractivity contribution in [3.8, 4) is 0 Å². The van der Waals surface area contributed by atoms with E-state index >= 15 is 0 Å².